The number of alkyl halides is 6. The molecule has 0 aliphatic rings. The van der Waals surface area contributed by atoms with Gasteiger partial charge in [0, 0.05) is 16.9 Å². The number of allylic oxidation sites excluding steroid dienone is 1. The Labute approximate surface area is 172 Å². The number of nitrogens with zero attached hydrogens (tertiary/aromatic N) is 1. The van der Waals surface area contributed by atoms with Crippen molar-refractivity contribution >= 4 is 27.1 Å². The molecule has 0 saturated carbocycles. The summed E-state index contributed by atoms with van der Waals surface area (Å²) in [4.78, 5) is -0.872. The Bertz CT molecular complexity index is 1070. The summed E-state index contributed by atoms with van der Waals surface area (Å²) in [6.07, 6.45) is -9.60. The minimum Gasteiger partial charge on any atom is -0.360 e. The average Bonchev–Trinajstić information content (AvgIpc) is 2.62. The molecule has 2 aromatic rings. The molecule has 2 rings (SSSR count). The molecule has 0 aliphatic carbocycles. The monoisotopic (exact) mass is 468 g/mol. The van der Waals surface area contributed by atoms with Gasteiger partial charge in [-0.05, 0) is 35.9 Å². The second-order valence-electron chi connectivity index (χ2n) is 5.94. The Morgan fingerprint density at radius 2 is 1.50 bits per heavy atom. The molecule has 0 spiro atoms. The Balaban J connectivity index is 2.37. The highest BCUT2D eigenvalue weighted by Crippen LogP contribution is 2.37. The molecule has 0 atom stereocenters. The van der Waals surface area contributed by atoms with Crippen LogP contribution in [0, 0.1) is 11.3 Å². The van der Waals surface area contributed by atoms with Crippen molar-refractivity contribution in [1.29, 1.82) is 5.26 Å². The maximum atomic E-state index is 12.9. The first kappa shape index (κ1) is 23.6. The summed E-state index contributed by atoms with van der Waals surface area (Å²) in [5, 5.41) is 11.5. The third kappa shape index (κ3) is 6.14. The highest BCUT2D eigenvalue weighted by Gasteiger charge is 2.37. The lowest BCUT2D eigenvalue weighted by molar-refractivity contribution is -0.143. The van der Waals surface area contributed by atoms with Gasteiger partial charge < -0.3 is 5.32 Å². The van der Waals surface area contributed by atoms with Crippen LogP contribution in [0.15, 0.2) is 53.6 Å². The van der Waals surface area contributed by atoms with Crippen molar-refractivity contribution in [2.24, 2.45) is 0 Å². The van der Waals surface area contributed by atoms with Crippen molar-refractivity contribution in [3.8, 4) is 6.07 Å². The number of nitriles is 1. The fourth-order valence-corrected chi connectivity index (χ4v) is 3.55. The van der Waals surface area contributed by atoms with Gasteiger partial charge in [0.15, 0.2) is 14.7 Å². The number of rotatable bonds is 5. The van der Waals surface area contributed by atoms with Gasteiger partial charge in [0.25, 0.3) is 0 Å². The molecular formula is C18H11ClF6N2O2S. The molecule has 0 amide bonds. The number of benzene rings is 2. The highest BCUT2D eigenvalue weighted by atomic mass is 35.5. The molecule has 160 valence electrons. The van der Waals surface area contributed by atoms with Gasteiger partial charge in [-0.3, -0.25) is 0 Å². The van der Waals surface area contributed by atoms with Crippen LogP contribution in [0.2, 0.25) is 5.02 Å². The molecule has 0 saturated heterocycles. The molecule has 12 heteroatoms. The summed E-state index contributed by atoms with van der Waals surface area (Å²) < 4.78 is 102. The Morgan fingerprint density at radius 3 is 1.93 bits per heavy atom. The summed E-state index contributed by atoms with van der Waals surface area (Å²) in [6, 6.07) is 7.66. The van der Waals surface area contributed by atoms with E-state index < -0.39 is 49.7 Å². The minimum absolute atomic E-state index is 0.0720. The molecule has 0 fully saturated rings. The Hall–Kier alpha value is -2.71. The topological polar surface area (TPSA) is 70.0 Å². The van der Waals surface area contributed by atoms with Crippen LogP contribution in [0.3, 0.4) is 0 Å². The summed E-state index contributed by atoms with van der Waals surface area (Å²) in [5.41, 5.74) is -3.59. The normalized spacial score (nSPS) is 13.1. The van der Waals surface area contributed by atoms with Gasteiger partial charge in [0.05, 0.1) is 16.9 Å². The molecule has 0 radical (unpaired) electrons. The number of halogens is 7. The van der Waals surface area contributed by atoms with Gasteiger partial charge in [0.2, 0.25) is 0 Å². The standard InChI is InChI=1S/C18H11ClF6N2O2S/c19-14-3-1-11(2-4-14)10-30(28,29)16(8-26)9-27-15-6-12(17(20,21)22)5-13(7-15)18(23,24)25/h1-7,9,27H,10H2. The molecule has 30 heavy (non-hydrogen) atoms. The summed E-state index contributed by atoms with van der Waals surface area (Å²) in [6.45, 7) is 0. The molecule has 0 aliphatic heterocycles. The molecule has 0 unspecified atom stereocenters. The first-order chi connectivity index (χ1) is 13.7. The lowest BCUT2D eigenvalue weighted by atomic mass is 10.1. The summed E-state index contributed by atoms with van der Waals surface area (Å²) in [7, 11) is -4.24. The minimum atomic E-state index is -5.07. The molecular weight excluding hydrogens is 458 g/mol. The summed E-state index contributed by atoms with van der Waals surface area (Å²) in [5.74, 6) is -0.623. The van der Waals surface area contributed by atoms with Crippen LogP contribution >= 0.6 is 11.6 Å². The lowest BCUT2D eigenvalue weighted by Gasteiger charge is -2.14. The number of hydrogen-bond donors (Lipinski definition) is 1. The van der Waals surface area contributed by atoms with E-state index in [1.165, 1.54) is 30.3 Å². The fraction of sp³-hybridized carbons (Fsp3) is 0.167. The van der Waals surface area contributed by atoms with E-state index in [0.29, 0.717) is 23.4 Å². The number of hydrogen-bond acceptors (Lipinski definition) is 4. The van der Waals surface area contributed by atoms with Crippen molar-refractivity contribution in [2.75, 3.05) is 5.32 Å². The molecule has 1 N–H and O–H groups in total. The van der Waals surface area contributed by atoms with Crippen LogP contribution in [0.1, 0.15) is 16.7 Å². The van der Waals surface area contributed by atoms with E-state index >= 15 is 0 Å². The Morgan fingerprint density at radius 1 is 1.00 bits per heavy atom. The summed E-state index contributed by atoms with van der Waals surface area (Å²) >= 11 is 5.70. The van der Waals surface area contributed by atoms with E-state index in [1.54, 1.807) is 0 Å². The van der Waals surface area contributed by atoms with E-state index in [9.17, 15) is 34.8 Å². The molecule has 0 aromatic heterocycles. The van der Waals surface area contributed by atoms with Gasteiger partial charge in [-0.1, -0.05) is 23.7 Å². The molecule has 2 aromatic carbocycles. The van der Waals surface area contributed by atoms with Gasteiger partial charge in [0.1, 0.15) is 6.07 Å². The zero-order valence-electron chi connectivity index (χ0n) is 14.6. The lowest BCUT2D eigenvalue weighted by Crippen LogP contribution is -2.12. The van der Waals surface area contributed by atoms with Crippen LogP contribution in [-0.2, 0) is 27.9 Å². The van der Waals surface area contributed by atoms with Crippen LogP contribution < -0.4 is 5.32 Å². The van der Waals surface area contributed by atoms with Crippen molar-refractivity contribution in [3.63, 3.8) is 0 Å². The van der Waals surface area contributed by atoms with Crippen molar-refractivity contribution in [3.05, 3.63) is 75.3 Å². The van der Waals surface area contributed by atoms with E-state index in [1.807, 2.05) is 5.32 Å². The van der Waals surface area contributed by atoms with Crippen LogP contribution in [0.25, 0.3) is 0 Å². The van der Waals surface area contributed by atoms with E-state index in [0.717, 1.165) is 0 Å². The predicted octanol–water partition coefficient (Wildman–Crippen LogP) is 5.77. The molecule has 0 heterocycles. The predicted molar refractivity (Wildman–Crippen MR) is 97.8 cm³/mol. The third-order valence-electron chi connectivity index (χ3n) is 3.67. The largest absolute Gasteiger partial charge is 0.416 e. The fourth-order valence-electron chi connectivity index (χ4n) is 2.26. The SMILES string of the molecule is N#CC(=CNc1cc(C(F)(F)F)cc(C(F)(F)F)c1)S(=O)(=O)Cc1ccc(Cl)cc1. The van der Waals surface area contributed by atoms with Gasteiger partial charge >= 0.3 is 12.4 Å². The van der Waals surface area contributed by atoms with Crippen LogP contribution in [0.4, 0.5) is 32.0 Å². The second-order valence-corrected chi connectivity index (χ2v) is 8.34. The Kier molecular flexibility index (Phi) is 6.73. The molecule has 0 bridgehead atoms. The van der Waals surface area contributed by atoms with E-state index in [4.69, 9.17) is 16.9 Å². The maximum absolute atomic E-state index is 12.9. The zero-order chi connectivity index (χ0) is 22.7. The van der Waals surface area contributed by atoms with Crippen molar-refractivity contribution < 1.29 is 34.8 Å². The first-order valence-corrected chi connectivity index (χ1v) is 9.89. The molecule has 4 nitrogen and oxygen atoms in total. The second kappa shape index (κ2) is 8.57. The smallest absolute Gasteiger partial charge is 0.360 e. The van der Waals surface area contributed by atoms with E-state index in [-0.39, 0.29) is 11.6 Å². The number of nitrogens with one attached hydrogen (secondary N) is 1. The maximum Gasteiger partial charge on any atom is 0.416 e. The number of anilines is 1. The highest BCUT2D eigenvalue weighted by molar-refractivity contribution is 7.94. The number of sulfone groups is 1. The van der Waals surface area contributed by atoms with Crippen LogP contribution in [0.5, 0.6) is 0 Å². The van der Waals surface area contributed by atoms with Gasteiger partial charge in [-0.15, -0.1) is 0 Å². The first-order valence-electron chi connectivity index (χ1n) is 7.86. The third-order valence-corrected chi connectivity index (χ3v) is 5.52. The average molecular weight is 469 g/mol. The van der Waals surface area contributed by atoms with E-state index in [2.05, 4.69) is 0 Å². The van der Waals surface area contributed by atoms with Crippen molar-refractivity contribution in [1.82, 2.24) is 0 Å². The van der Waals surface area contributed by atoms with Gasteiger partial charge in [-0.2, -0.15) is 31.6 Å². The van der Waals surface area contributed by atoms with Crippen LogP contribution in [-0.4, -0.2) is 8.42 Å². The quantitative estimate of drug-likeness (QED) is 0.447. The van der Waals surface area contributed by atoms with Gasteiger partial charge in [-0.25, -0.2) is 8.42 Å². The van der Waals surface area contributed by atoms with Crippen molar-refractivity contribution in [2.45, 2.75) is 18.1 Å². The zero-order valence-corrected chi connectivity index (χ0v) is 16.2.